The van der Waals surface area contributed by atoms with E-state index in [4.69, 9.17) is 0 Å². The van der Waals surface area contributed by atoms with Crippen LogP contribution in [0.3, 0.4) is 0 Å². The van der Waals surface area contributed by atoms with Crippen LogP contribution in [0.2, 0.25) is 0 Å². The lowest BCUT2D eigenvalue weighted by Gasteiger charge is -2.12. The number of amides is 1. The van der Waals surface area contributed by atoms with E-state index in [1.54, 1.807) is 4.68 Å². The predicted octanol–water partition coefficient (Wildman–Crippen LogP) is 2.88. The van der Waals surface area contributed by atoms with Crippen LogP contribution in [-0.4, -0.2) is 35.7 Å². The van der Waals surface area contributed by atoms with E-state index < -0.39 is 0 Å². The number of anilines is 1. The molecule has 0 aliphatic carbocycles. The van der Waals surface area contributed by atoms with Crippen molar-refractivity contribution in [2.75, 3.05) is 5.32 Å². The molecule has 0 bridgehead atoms. The third kappa shape index (κ3) is 4.21. The van der Waals surface area contributed by atoms with Crippen LogP contribution in [0.15, 0.2) is 35.5 Å². The van der Waals surface area contributed by atoms with Crippen LogP contribution in [0, 0.1) is 13.8 Å². The van der Waals surface area contributed by atoms with Gasteiger partial charge in [-0.15, -0.1) is 10.2 Å². The SMILES string of the molecule is Cc1nn(C)c(C)c1NC(=O)[C@@H](C)Sc1nnc(Cc2ccccc2)n1C. The van der Waals surface area contributed by atoms with Crippen LogP contribution in [0.4, 0.5) is 5.69 Å². The van der Waals surface area contributed by atoms with Crippen molar-refractivity contribution in [2.24, 2.45) is 14.1 Å². The largest absolute Gasteiger partial charge is 0.322 e. The lowest BCUT2D eigenvalue weighted by molar-refractivity contribution is -0.115. The van der Waals surface area contributed by atoms with Gasteiger partial charge in [0.05, 0.1) is 22.3 Å². The average Bonchev–Trinajstić information content (AvgIpc) is 3.10. The molecule has 2 aromatic heterocycles. The molecule has 0 saturated carbocycles. The van der Waals surface area contributed by atoms with Gasteiger partial charge in [0.1, 0.15) is 5.82 Å². The Morgan fingerprint density at radius 2 is 1.89 bits per heavy atom. The minimum atomic E-state index is -0.309. The van der Waals surface area contributed by atoms with Gasteiger partial charge < -0.3 is 9.88 Å². The predicted molar refractivity (Wildman–Crippen MR) is 107 cm³/mol. The number of aromatic nitrogens is 5. The minimum absolute atomic E-state index is 0.0770. The van der Waals surface area contributed by atoms with Gasteiger partial charge in [0.15, 0.2) is 5.16 Å². The zero-order valence-corrected chi connectivity index (χ0v) is 17.0. The lowest BCUT2D eigenvalue weighted by atomic mass is 10.1. The summed E-state index contributed by atoms with van der Waals surface area (Å²) in [5.74, 6) is 0.794. The van der Waals surface area contributed by atoms with Crippen molar-refractivity contribution >= 4 is 23.4 Å². The van der Waals surface area contributed by atoms with Crippen molar-refractivity contribution < 1.29 is 4.79 Å². The first-order chi connectivity index (χ1) is 12.9. The average molecular weight is 385 g/mol. The quantitative estimate of drug-likeness (QED) is 0.661. The Bertz CT molecular complexity index is 947. The summed E-state index contributed by atoms with van der Waals surface area (Å²) in [5.41, 5.74) is 3.70. The molecule has 3 rings (SSSR count). The van der Waals surface area contributed by atoms with Gasteiger partial charge in [-0.3, -0.25) is 9.48 Å². The van der Waals surface area contributed by atoms with Crippen LogP contribution >= 0.6 is 11.8 Å². The van der Waals surface area contributed by atoms with Gasteiger partial charge in [-0.2, -0.15) is 5.10 Å². The molecule has 2 heterocycles. The Morgan fingerprint density at radius 3 is 2.52 bits per heavy atom. The number of benzene rings is 1. The van der Waals surface area contributed by atoms with Crippen molar-refractivity contribution in [1.29, 1.82) is 0 Å². The highest BCUT2D eigenvalue weighted by Crippen LogP contribution is 2.25. The smallest absolute Gasteiger partial charge is 0.237 e. The lowest BCUT2D eigenvalue weighted by Crippen LogP contribution is -2.23. The van der Waals surface area contributed by atoms with Crippen LogP contribution in [-0.2, 0) is 25.3 Å². The third-order valence-corrected chi connectivity index (χ3v) is 5.67. The van der Waals surface area contributed by atoms with E-state index in [1.807, 2.05) is 57.6 Å². The van der Waals surface area contributed by atoms with Crippen molar-refractivity contribution in [1.82, 2.24) is 24.5 Å². The topological polar surface area (TPSA) is 77.6 Å². The maximum Gasteiger partial charge on any atom is 0.237 e. The molecule has 7 nitrogen and oxygen atoms in total. The fourth-order valence-corrected chi connectivity index (χ4v) is 3.60. The number of nitrogens with one attached hydrogen (secondary N) is 1. The van der Waals surface area contributed by atoms with Crippen molar-refractivity contribution in [3.63, 3.8) is 0 Å². The van der Waals surface area contributed by atoms with E-state index in [-0.39, 0.29) is 11.2 Å². The molecule has 0 saturated heterocycles. The molecule has 8 heteroatoms. The Hall–Kier alpha value is -2.61. The number of rotatable bonds is 6. The van der Waals surface area contributed by atoms with E-state index in [0.717, 1.165) is 28.1 Å². The summed E-state index contributed by atoms with van der Waals surface area (Å²) in [6.07, 6.45) is 0.708. The standard InChI is InChI=1S/C19H24N6OS/c1-12-17(13(2)25(5)23-12)20-18(26)14(3)27-19-22-21-16(24(19)4)11-15-9-7-6-8-10-15/h6-10,14H,11H2,1-5H3,(H,20,26)/t14-/m1/s1. The molecule has 0 unspecified atom stereocenters. The normalized spacial score (nSPS) is 12.2. The first-order valence-electron chi connectivity index (χ1n) is 8.76. The van der Waals surface area contributed by atoms with Gasteiger partial charge in [0, 0.05) is 20.5 Å². The van der Waals surface area contributed by atoms with E-state index in [1.165, 1.54) is 17.3 Å². The Morgan fingerprint density at radius 1 is 1.19 bits per heavy atom. The highest BCUT2D eigenvalue weighted by Gasteiger charge is 2.21. The van der Waals surface area contributed by atoms with E-state index in [2.05, 4.69) is 32.7 Å². The van der Waals surface area contributed by atoms with E-state index in [0.29, 0.717) is 6.42 Å². The van der Waals surface area contributed by atoms with E-state index >= 15 is 0 Å². The van der Waals surface area contributed by atoms with Crippen LogP contribution < -0.4 is 5.32 Å². The summed E-state index contributed by atoms with van der Waals surface area (Å²) in [6, 6.07) is 10.1. The highest BCUT2D eigenvalue weighted by atomic mass is 32.2. The number of thioether (sulfide) groups is 1. The highest BCUT2D eigenvalue weighted by molar-refractivity contribution is 8.00. The number of carbonyl (C=O) groups is 1. The number of aryl methyl sites for hydroxylation is 2. The molecule has 142 valence electrons. The van der Waals surface area contributed by atoms with Crippen LogP contribution in [0.5, 0.6) is 0 Å². The molecule has 27 heavy (non-hydrogen) atoms. The van der Waals surface area contributed by atoms with Gasteiger partial charge in [0.2, 0.25) is 5.91 Å². The summed E-state index contributed by atoms with van der Waals surface area (Å²) in [4.78, 5) is 12.6. The fraction of sp³-hybridized carbons (Fsp3) is 0.368. The molecule has 3 aromatic rings. The van der Waals surface area contributed by atoms with E-state index in [9.17, 15) is 4.79 Å². The molecule has 1 amide bonds. The van der Waals surface area contributed by atoms with Gasteiger partial charge in [0.25, 0.3) is 0 Å². The molecule has 0 aliphatic heterocycles. The van der Waals surface area contributed by atoms with Gasteiger partial charge >= 0.3 is 0 Å². The first kappa shape index (κ1) is 19.2. The summed E-state index contributed by atoms with van der Waals surface area (Å²) >= 11 is 1.40. The summed E-state index contributed by atoms with van der Waals surface area (Å²) in [7, 11) is 3.80. The summed E-state index contributed by atoms with van der Waals surface area (Å²) in [5, 5.41) is 16.3. The maximum absolute atomic E-state index is 12.6. The maximum atomic E-state index is 12.6. The fourth-order valence-electron chi connectivity index (χ4n) is 2.77. The van der Waals surface area contributed by atoms with Crippen LogP contribution in [0.25, 0.3) is 0 Å². The number of nitrogens with zero attached hydrogens (tertiary/aromatic N) is 5. The van der Waals surface area contributed by atoms with Gasteiger partial charge in [-0.1, -0.05) is 42.1 Å². The molecule has 0 radical (unpaired) electrons. The number of carbonyl (C=O) groups excluding carboxylic acids is 1. The van der Waals surface area contributed by atoms with Gasteiger partial charge in [-0.05, 0) is 26.3 Å². The molecule has 1 atom stereocenters. The Labute approximate surface area is 163 Å². The molecule has 0 spiro atoms. The molecular weight excluding hydrogens is 360 g/mol. The second-order valence-electron chi connectivity index (χ2n) is 6.54. The number of hydrogen-bond donors (Lipinski definition) is 1. The zero-order chi connectivity index (χ0) is 19.6. The second kappa shape index (κ2) is 7.96. The molecule has 1 aromatic carbocycles. The van der Waals surface area contributed by atoms with Crippen LogP contribution in [0.1, 0.15) is 29.7 Å². The van der Waals surface area contributed by atoms with Crippen molar-refractivity contribution in [3.05, 3.63) is 53.1 Å². The molecular formula is C19H24N6OS. The molecule has 0 aliphatic rings. The first-order valence-corrected chi connectivity index (χ1v) is 9.64. The molecule has 1 N–H and O–H groups in total. The zero-order valence-electron chi connectivity index (χ0n) is 16.2. The minimum Gasteiger partial charge on any atom is -0.322 e. The Balaban J connectivity index is 1.67. The molecule has 0 fully saturated rings. The number of hydrogen-bond acceptors (Lipinski definition) is 5. The summed E-state index contributed by atoms with van der Waals surface area (Å²) in [6.45, 7) is 5.69. The van der Waals surface area contributed by atoms with Crippen molar-refractivity contribution in [3.8, 4) is 0 Å². The second-order valence-corrected chi connectivity index (χ2v) is 7.85. The third-order valence-electron chi connectivity index (χ3n) is 4.54. The van der Waals surface area contributed by atoms with Gasteiger partial charge in [-0.25, -0.2) is 0 Å². The monoisotopic (exact) mass is 384 g/mol. The summed E-state index contributed by atoms with van der Waals surface area (Å²) < 4.78 is 3.71. The van der Waals surface area contributed by atoms with Crippen molar-refractivity contribution in [2.45, 2.75) is 37.6 Å². The Kier molecular flexibility index (Phi) is 5.65.